The topological polar surface area (TPSA) is 78.9 Å². The van der Waals surface area contributed by atoms with Gasteiger partial charge < -0.3 is 14.2 Å². The predicted octanol–water partition coefficient (Wildman–Crippen LogP) is 20.4. The summed E-state index contributed by atoms with van der Waals surface area (Å²) in [5, 5.41) is 0. The van der Waals surface area contributed by atoms with E-state index in [0.29, 0.717) is 19.3 Å². The molecule has 0 aromatic rings. The summed E-state index contributed by atoms with van der Waals surface area (Å²) in [6.07, 6.45) is 83.5. The lowest BCUT2D eigenvalue weighted by Crippen LogP contribution is -2.30. The van der Waals surface area contributed by atoms with Crippen molar-refractivity contribution in [1.29, 1.82) is 0 Å². The van der Waals surface area contributed by atoms with Gasteiger partial charge in [-0.25, -0.2) is 0 Å². The zero-order valence-corrected chi connectivity index (χ0v) is 47.4. The zero-order chi connectivity index (χ0) is 52.9. The molecule has 0 rings (SSSR count). The van der Waals surface area contributed by atoms with Crippen molar-refractivity contribution >= 4 is 17.9 Å². The van der Waals surface area contributed by atoms with Crippen molar-refractivity contribution in [2.45, 2.75) is 271 Å². The lowest BCUT2D eigenvalue weighted by Gasteiger charge is -2.18. The third kappa shape index (κ3) is 58.6. The van der Waals surface area contributed by atoms with Crippen LogP contribution in [0.3, 0.4) is 0 Å². The second kappa shape index (κ2) is 60.4. The van der Waals surface area contributed by atoms with E-state index in [0.717, 1.165) is 83.5 Å². The van der Waals surface area contributed by atoms with Gasteiger partial charge in [0.25, 0.3) is 0 Å². The smallest absolute Gasteiger partial charge is 0.306 e. The maximum absolute atomic E-state index is 12.9. The average molecular weight is 1010 g/mol. The first-order valence-electron chi connectivity index (χ1n) is 30.0. The number of carbonyl (C=O) groups is 3. The van der Waals surface area contributed by atoms with Crippen LogP contribution in [-0.4, -0.2) is 37.2 Å². The van der Waals surface area contributed by atoms with Crippen molar-refractivity contribution in [2.75, 3.05) is 13.2 Å². The first-order chi connectivity index (χ1) is 36.0. The number of rotatable bonds is 53. The number of hydrogen-bond donors (Lipinski definition) is 0. The van der Waals surface area contributed by atoms with Crippen LogP contribution in [0.15, 0.2) is 122 Å². The Kier molecular flexibility index (Phi) is 56.9. The standard InChI is InChI=1S/C67H110O6/c1-4-7-10-13-16-19-22-25-28-31-32-33-34-37-39-42-45-48-51-54-57-60-66(69)72-63-64(73-67(70)61-58-55-52-49-46-43-40-36-30-27-24-21-18-15-12-9-6-3)62-71-65(68)59-56-53-50-47-44-41-38-35-29-26-23-20-17-14-11-8-5-2/h9,12,17-18,20-21,25-30,38,40-41,43,47,49-50,52,64H,4-8,10-11,13-16,19,22-24,31-37,39,42,44-46,48,51,53-63H2,1-3H3/b12-9-,20-17-,21-18-,28-25-,29-26-,30-27-,41-38-,43-40-,50-47-,52-49-/t64-/m1/s1. The van der Waals surface area contributed by atoms with Gasteiger partial charge in [0, 0.05) is 19.3 Å². The molecular weight excluding hydrogens is 901 g/mol. The highest BCUT2D eigenvalue weighted by molar-refractivity contribution is 5.71. The largest absolute Gasteiger partial charge is 0.462 e. The van der Waals surface area contributed by atoms with E-state index in [1.807, 2.05) is 0 Å². The van der Waals surface area contributed by atoms with E-state index in [2.05, 4.69) is 142 Å². The minimum Gasteiger partial charge on any atom is -0.462 e. The van der Waals surface area contributed by atoms with Gasteiger partial charge in [-0.1, -0.05) is 245 Å². The number of unbranched alkanes of at least 4 members (excludes halogenated alkanes) is 22. The van der Waals surface area contributed by atoms with Crippen molar-refractivity contribution in [3.05, 3.63) is 122 Å². The van der Waals surface area contributed by atoms with E-state index in [-0.39, 0.29) is 44.0 Å². The fourth-order valence-electron chi connectivity index (χ4n) is 7.94. The first-order valence-corrected chi connectivity index (χ1v) is 30.0. The van der Waals surface area contributed by atoms with Gasteiger partial charge in [0.15, 0.2) is 6.10 Å². The monoisotopic (exact) mass is 1010 g/mol. The summed E-state index contributed by atoms with van der Waals surface area (Å²) in [6, 6.07) is 0. The highest BCUT2D eigenvalue weighted by Crippen LogP contribution is 2.15. The normalized spacial score (nSPS) is 13.0. The van der Waals surface area contributed by atoms with Crippen LogP contribution in [-0.2, 0) is 28.6 Å². The van der Waals surface area contributed by atoms with Gasteiger partial charge in [0.1, 0.15) is 13.2 Å². The van der Waals surface area contributed by atoms with Crippen molar-refractivity contribution in [2.24, 2.45) is 0 Å². The van der Waals surface area contributed by atoms with E-state index in [1.54, 1.807) is 0 Å². The molecule has 0 N–H and O–H groups in total. The summed E-state index contributed by atoms with van der Waals surface area (Å²) in [5.41, 5.74) is 0. The number of hydrogen-bond acceptors (Lipinski definition) is 6. The summed E-state index contributed by atoms with van der Waals surface area (Å²) in [7, 11) is 0. The SMILES string of the molecule is CC/C=C\C/C=C\C/C=C\C/C=C\C/C=C\CCCC(=O)O[C@H](COC(=O)CCC/C=C\C/C=C\C/C=C\C/C=C\CCCCC)COC(=O)CCCCCCCCCCCCC/C=C\CCCCCCCC. The van der Waals surface area contributed by atoms with Crippen molar-refractivity contribution in [3.63, 3.8) is 0 Å². The molecule has 0 saturated carbocycles. The molecule has 0 aliphatic carbocycles. The summed E-state index contributed by atoms with van der Waals surface area (Å²) in [6.45, 7) is 6.41. The van der Waals surface area contributed by atoms with Crippen LogP contribution in [0, 0.1) is 0 Å². The van der Waals surface area contributed by atoms with E-state index in [1.165, 1.54) is 128 Å². The summed E-state index contributed by atoms with van der Waals surface area (Å²) in [4.78, 5) is 38.2. The average Bonchev–Trinajstić information content (AvgIpc) is 3.39. The van der Waals surface area contributed by atoms with E-state index >= 15 is 0 Å². The lowest BCUT2D eigenvalue weighted by molar-refractivity contribution is -0.167. The van der Waals surface area contributed by atoms with Gasteiger partial charge in [0.05, 0.1) is 0 Å². The number of ether oxygens (including phenoxy) is 3. The maximum Gasteiger partial charge on any atom is 0.306 e. The Balaban J connectivity index is 4.52. The molecule has 0 fully saturated rings. The summed E-state index contributed by atoms with van der Waals surface area (Å²) >= 11 is 0. The van der Waals surface area contributed by atoms with E-state index in [9.17, 15) is 14.4 Å². The van der Waals surface area contributed by atoms with Gasteiger partial charge in [0.2, 0.25) is 0 Å². The number of esters is 3. The van der Waals surface area contributed by atoms with Gasteiger partial charge >= 0.3 is 17.9 Å². The molecule has 0 amide bonds. The van der Waals surface area contributed by atoms with Crippen LogP contribution >= 0.6 is 0 Å². The Hall–Kier alpha value is -4.19. The number of allylic oxidation sites excluding steroid dienone is 20. The molecule has 0 saturated heterocycles. The van der Waals surface area contributed by atoms with Crippen LogP contribution < -0.4 is 0 Å². The maximum atomic E-state index is 12.9. The molecule has 0 unspecified atom stereocenters. The number of carbonyl (C=O) groups excluding carboxylic acids is 3. The minimum absolute atomic E-state index is 0.120. The molecule has 0 heterocycles. The first kappa shape index (κ1) is 68.8. The molecule has 0 radical (unpaired) electrons. The molecule has 0 spiro atoms. The van der Waals surface area contributed by atoms with Crippen LogP contribution in [0.1, 0.15) is 265 Å². The van der Waals surface area contributed by atoms with Crippen molar-refractivity contribution in [3.8, 4) is 0 Å². The second-order valence-corrected chi connectivity index (χ2v) is 19.5. The summed E-state index contributed by atoms with van der Waals surface area (Å²) in [5.74, 6) is -1.04. The molecule has 73 heavy (non-hydrogen) atoms. The third-order valence-electron chi connectivity index (χ3n) is 12.4. The summed E-state index contributed by atoms with van der Waals surface area (Å²) < 4.78 is 16.8. The van der Waals surface area contributed by atoms with Crippen molar-refractivity contribution in [1.82, 2.24) is 0 Å². The zero-order valence-electron chi connectivity index (χ0n) is 47.4. The minimum atomic E-state index is -0.834. The van der Waals surface area contributed by atoms with Crippen LogP contribution in [0.25, 0.3) is 0 Å². The van der Waals surface area contributed by atoms with Gasteiger partial charge in [-0.2, -0.15) is 0 Å². The van der Waals surface area contributed by atoms with Gasteiger partial charge in [-0.3, -0.25) is 14.4 Å². The predicted molar refractivity (Wildman–Crippen MR) is 316 cm³/mol. The Bertz CT molecular complexity index is 1540. The highest BCUT2D eigenvalue weighted by Gasteiger charge is 2.19. The van der Waals surface area contributed by atoms with Crippen molar-refractivity contribution < 1.29 is 28.6 Å². The van der Waals surface area contributed by atoms with Gasteiger partial charge in [-0.15, -0.1) is 0 Å². The molecule has 6 heteroatoms. The Morgan fingerprint density at radius 2 is 0.548 bits per heavy atom. The van der Waals surface area contributed by atoms with Crippen LogP contribution in [0.5, 0.6) is 0 Å². The molecule has 0 aliphatic rings. The molecule has 0 aliphatic heterocycles. The van der Waals surface area contributed by atoms with Crippen LogP contribution in [0.4, 0.5) is 0 Å². The molecule has 0 bridgehead atoms. The molecule has 1 atom stereocenters. The molecule has 0 aromatic carbocycles. The third-order valence-corrected chi connectivity index (χ3v) is 12.4. The highest BCUT2D eigenvalue weighted by atomic mass is 16.6. The Labute approximate surface area is 450 Å². The lowest BCUT2D eigenvalue weighted by atomic mass is 10.0. The fourth-order valence-corrected chi connectivity index (χ4v) is 7.94. The Morgan fingerprint density at radius 3 is 0.932 bits per heavy atom. The van der Waals surface area contributed by atoms with E-state index in [4.69, 9.17) is 14.2 Å². The molecule has 6 nitrogen and oxygen atoms in total. The molecular formula is C67H110O6. The molecule has 414 valence electrons. The molecule has 0 aromatic heterocycles. The van der Waals surface area contributed by atoms with Crippen LogP contribution in [0.2, 0.25) is 0 Å². The van der Waals surface area contributed by atoms with Gasteiger partial charge in [-0.05, 0) is 122 Å². The van der Waals surface area contributed by atoms with E-state index < -0.39 is 6.10 Å². The second-order valence-electron chi connectivity index (χ2n) is 19.5. The fraction of sp³-hybridized carbons (Fsp3) is 0.657. The quantitative estimate of drug-likeness (QED) is 0.0261. The Morgan fingerprint density at radius 1 is 0.288 bits per heavy atom.